The molecule has 3 aromatic heterocycles. The maximum absolute atomic E-state index is 12.7. The molecule has 6 nitrogen and oxygen atoms in total. The summed E-state index contributed by atoms with van der Waals surface area (Å²) < 4.78 is 4.04. The van der Waals surface area contributed by atoms with Gasteiger partial charge in [0, 0.05) is 12.7 Å². The molecular weight excluding hydrogens is 402 g/mol. The van der Waals surface area contributed by atoms with Gasteiger partial charge < -0.3 is 4.57 Å². The molecule has 0 aliphatic heterocycles. The van der Waals surface area contributed by atoms with Crippen LogP contribution in [0, 0.1) is 11.7 Å². The summed E-state index contributed by atoms with van der Waals surface area (Å²) in [6.07, 6.45) is 1.92. The zero-order chi connectivity index (χ0) is 20.2. The number of amides is 1. The molecule has 1 aromatic carbocycles. The Labute approximate surface area is 176 Å². The van der Waals surface area contributed by atoms with Gasteiger partial charge in [-0.25, -0.2) is 0 Å². The number of rotatable bonds is 5. The number of aromatic nitrogens is 4. The first-order chi connectivity index (χ1) is 14.1. The third kappa shape index (κ3) is 4.49. The SMILES string of the molecule is Cc1ccc(Cn2ccccc2=NC(=O)Cn2c(-c3cccs3)n[nH]c2=S)cc1. The summed E-state index contributed by atoms with van der Waals surface area (Å²) in [5.74, 6) is 0.360. The number of aryl methyl sites for hydroxylation is 1. The van der Waals surface area contributed by atoms with Crippen LogP contribution in [-0.4, -0.2) is 25.2 Å². The summed E-state index contributed by atoms with van der Waals surface area (Å²) in [4.78, 5) is 18.0. The highest BCUT2D eigenvalue weighted by Gasteiger charge is 2.12. The second-order valence-corrected chi connectivity index (χ2v) is 7.93. The van der Waals surface area contributed by atoms with Gasteiger partial charge in [0.25, 0.3) is 5.91 Å². The van der Waals surface area contributed by atoms with Gasteiger partial charge in [0.1, 0.15) is 12.0 Å². The first kappa shape index (κ1) is 19.2. The highest BCUT2D eigenvalue weighted by Crippen LogP contribution is 2.22. The Kier molecular flexibility index (Phi) is 5.64. The molecule has 0 spiro atoms. The topological polar surface area (TPSA) is 68.0 Å². The Morgan fingerprint density at radius 2 is 2.00 bits per heavy atom. The van der Waals surface area contributed by atoms with Gasteiger partial charge >= 0.3 is 0 Å². The lowest BCUT2D eigenvalue weighted by Crippen LogP contribution is -2.23. The first-order valence-corrected chi connectivity index (χ1v) is 10.4. The molecule has 1 N–H and O–H groups in total. The summed E-state index contributed by atoms with van der Waals surface area (Å²) in [5.41, 5.74) is 2.96. The van der Waals surface area contributed by atoms with Gasteiger partial charge in [-0.05, 0) is 48.3 Å². The van der Waals surface area contributed by atoms with E-state index in [0.29, 0.717) is 22.6 Å². The van der Waals surface area contributed by atoms with Crippen molar-refractivity contribution in [2.45, 2.75) is 20.0 Å². The van der Waals surface area contributed by atoms with Gasteiger partial charge in [-0.1, -0.05) is 42.0 Å². The van der Waals surface area contributed by atoms with Crippen molar-refractivity contribution < 1.29 is 4.79 Å². The fourth-order valence-corrected chi connectivity index (χ4v) is 3.87. The van der Waals surface area contributed by atoms with Crippen LogP contribution in [0.25, 0.3) is 10.7 Å². The molecule has 0 unspecified atom stereocenters. The zero-order valence-electron chi connectivity index (χ0n) is 15.8. The molecule has 146 valence electrons. The summed E-state index contributed by atoms with van der Waals surface area (Å²) in [7, 11) is 0. The van der Waals surface area contributed by atoms with Crippen molar-refractivity contribution in [2.24, 2.45) is 4.99 Å². The molecule has 4 rings (SSSR count). The monoisotopic (exact) mass is 421 g/mol. The molecule has 8 heteroatoms. The van der Waals surface area contributed by atoms with Crippen LogP contribution in [0.3, 0.4) is 0 Å². The van der Waals surface area contributed by atoms with E-state index in [1.807, 2.05) is 46.5 Å². The normalized spacial score (nSPS) is 11.7. The minimum Gasteiger partial charge on any atom is -0.328 e. The summed E-state index contributed by atoms with van der Waals surface area (Å²) in [5, 5.41) is 8.98. The van der Waals surface area contributed by atoms with Gasteiger partial charge in [0.15, 0.2) is 10.6 Å². The van der Waals surface area contributed by atoms with E-state index in [1.54, 1.807) is 15.9 Å². The molecular formula is C21H19N5OS2. The number of pyridine rings is 1. The Morgan fingerprint density at radius 1 is 1.17 bits per heavy atom. The lowest BCUT2D eigenvalue weighted by molar-refractivity contribution is -0.118. The zero-order valence-corrected chi connectivity index (χ0v) is 17.4. The van der Waals surface area contributed by atoms with E-state index in [-0.39, 0.29) is 12.5 Å². The number of aromatic amines is 1. The van der Waals surface area contributed by atoms with Crippen LogP contribution in [0.2, 0.25) is 0 Å². The molecule has 0 bridgehead atoms. The molecule has 3 heterocycles. The number of hydrogen-bond acceptors (Lipinski definition) is 4. The van der Waals surface area contributed by atoms with Crippen LogP contribution < -0.4 is 5.49 Å². The van der Waals surface area contributed by atoms with E-state index in [0.717, 1.165) is 10.4 Å². The van der Waals surface area contributed by atoms with E-state index in [4.69, 9.17) is 12.2 Å². The summed E-state index contributed by atoms with van der Waals surface area (Å²) in [6.45, 7) is 2.73. The lowest BCUT2D eigenvalue weighted by Gasteiger charge is -2.08. The van der Waals surface area contributed by atoms with Crippen molar-refractivity contribution in [3.63, 3.8) is 0 Å². The van der Waals surface area contributed by atoms with E-state index in [2.05, 4.69) is 46.4 Å². The minimum atomic E-state index is -0.288. The molecule has 0 aliphatic carbocycles. The van der Waals surface area contributed by atoms with Crippen molar-refractivity contribution in [1.29, 1.82) is 0 Å². The second-order valence-electron chi connectivity index (χ2n) is 6.59. The predicted molar refractivity (Wildman–Crippen MR) is 116 cm³/mol. The van der Waals surface area contributed by atoms with Crippen molar-refractivity contribution in [3.8, 4) is 10.7 Å². The Balaban J connectivity index is 1.61. The van der Waals surface area contributed by atoms with Crippen molar-refractivity contribution in [3.05, 3.63) is 87.6 Å². The first-order valence-electron chi connectivity index (χ1n) is 9.08. The third-order valence-electron chi connectivity index (χ3n) is 4.42. The van der Waals surface area contributed by atoms with Gasteiger partial charge in [-0.15, -0.1) is 11.3 Å². The average molecular weight is 422 g/mol. The molecule has 0 radical (unpaired) electrons. The number of carbonyl (C=O) groups is 1. The van der Waals surface area contributed by atoms with Crippen LogP contribution in [0.4, 0.5) is 0 Å². The smallest absolute Gasteiger partial charge is 0.267 e. The van der Waals surface area contributed by atoms with Crippen LogP contribution in [0.15, 0.2) is 71.2 Å². The number of hydrogen-bond donors (Lipinski definition) is 1. The third-order valence-corrected chi connectivity index (χ3v) is 5.60. The van der Waals surface area contributed by atoms with Gasteiger partial charge in [-0.3, -0.25) is 14.5 Å². The van der Waals surface area contributed by atoms with E-state index >= 15 is 0 Å². The predicted octanol–water partition coefficient (Wildman–Crippen LogP) is 3.95. The second kappa shape index (κ2) is 8.50. The quantitative estimate of drug-likeness (QED) is 0.496. The highest BCUT2D eigenvalue weighted by atomic mass is 32.1. The van der Waals surface area contributed by atoms with Crippen molar-refractivity contribution >= 4 is 29.5 Å². The average Bonchev–Trinajstić information content (AvgIpc) is 3.36. The van der Waals surface area contributed by atoms with Crippen LogP contribution in [-0.2, 0) is 17.9 Å². The molecule has 0 atom stereocenters. The van der Waals surface area contributed by atoms with E-state index < -0.39 is 0 Å². The van der Waals surface area contributed by atoms with E-state index in [1.165, 1.54) is 5.56 Å². The number of thiophene rings is 1. The van der Waals surface area contributed by atoms with Gasteiger partial charge in [0.2, 0.25) is 0 Å². The number of H-pyrrole nitrogens is 1. The van der Waals surface area contributed by atoms with Gasteiger partial charge in [-0.2, -0.15) is 10.1 Å². The molecule has 0 saturated heterocycles. The molecule has 0 aliphatic rings. The molecule has 1 amide bonds. The molecule has 29 heavy (non-hydrogen) atoms. The highest BCUT2D eigenvalue weighted by molar-refractivity contribution is 7.71. The Hall–Kier alpha value is -3.10. The van der Waals surface area contributed by atoms with Crippen molar-refractivity contribution in [2.75, 3.05) is 0 Å². The summed E-state index contributed by atoms with van der Waals surface area (Å²) in [6, 6.07) is 17.8. The standard InChI is InChI=1S/C21H19N5OS2/c1-15-7-9-16(10-8-15)13-25-11-3-2-6-18(25)22-19(27)14-26-20(23-24-21(26)28)17-5-4-12-29-17/h2-12H,13-14H2,1H3,(H,24,28). The van der Waals surface area contributed by atoms with Crippen LogP contribution >= 0.6 is 23.6 Å². The van der Waals surface area contributed by atoms with E-state index in [9.17, 15) is 4.79 Å². The molecule has 0 saturated carbocycles. The van der Waals surface area contributed by atoms with Crippen LogP contribution in [0.1, 0.15) is 11.1 Å². The lowest BCUT2D eigenvalue weighted by atomic mass is 10.1. The van der Waals surface area contributed by atoms with Crippen molar-refractivity contribution in [1.82, 2.24) is 19.3 Å². The largest absolute Gasteiger partial charge is 0.328 e. The Morgan fingerprint density at radius 3 is 2.76 bits per heavy atom. The summed E-state index contributed by atoms with van der Waals surface area (Å²) >= 11 is 6.85. The molecule has 4 aromatic rings. The minimum absolute atomic E-state index is 0.0298. The maximum atomic E-state index is 12.7. The maximum Gasteiger partial charge on any atom is 0.267 e. The molecule has 0 fully saturated rings. The number of nitrogens with one attached hydrogen (secondary N) is 1. The number of carbonyl (C=O) groups excluding carboxylic acids is 1. The fourth-order valence-electron chi connectivity index (χ4n) is 2.95. The fraction of sp³-hybridized carbons (Fsp3) is 0.143. The van der Waals surface area contributed by atoms with Gasteiger partial charge in [0.05, 0.1) is 4.88 Å². The number of benzene rings is 1. The number of nitrogens with zero attached hydrogens (tertiary/aromatic N) is 4. The van der Waals surface area contributed by atoms with Crippen LogP contribution in [0.5, 0.6) is 0 Å². The Bertz CT molecular complexity index is 1250.